The van der Waals surface area contributed by atoms with Gasteiger partial charge in [-0.05, 0) is 29.8 Å². The van der Waals surface area contributed by atoms with E-state index in [-0.39, 0.29) is 18.8 Å². The number of rotatable bonds is 10. The van der Waals surface area contributed by atoms with Crippen molar-refractivity contribution in [1.29, 1.82) is 0 Å². The number of carbonyl (C=O) groups is 3. The molecule has 0 unspecified atom stereocenters. The number of carbonyl (C=O) groups excluding carboxylic acids is 3. The highest BCUT2D eigenvalue weighted by Gasteiger charge is 2.49. The SMILES string of the molecule is C=CCO[C@H]1O[C@H](COC(=O)c2ccccc2)[C@@H](N=[N+]=[N-])[C@H](OC(=O)c2ccccc2)[C@H]1NC(C)=O. The summed E-state index contributed by atoms with van der Waals surface area (Å²) in [4.78, 5) is 40.3. The highest BCUT2D eigenvalue weighted by atomic mass is 16.7. The Kier molecular flexibility index (Phi) is 9.58. The van der Waals surface area contributed by atoms with Crippen LogP contribution in [0.4, 0.5) is 0 Å². The Balaban J connectivity index is 1.91. The van der Waals surface area contributed by atoms with Crippen LogP contribution in [0.1, 0.15) is 27.6 Å². The fraction of sp³-hybridized carbons (Fsp3) is 0.320. The van der Waals surface area contributed by atoms with Crippen LogP contribution in [0.5, 0.6) is 0 Å². The molecule has 2 aromatic rings. The molecule has 188 valence electrons. The lowest BCUT2D eigenvalue weighted by molar-refractivity contribution is -0.238. The first-order chi connectivity index (χ1) is 17.4. The Hall–Kier alpha value is -4.18. The summed E-state index contributed by atoms with van der Waals surface area (Å²) in [7, 11) is 0. The largest absolute Gasteiger partial charge is 0.459 e. The Morgan fingerprint density at radius 2 is 1.69 bits per heavy atom. The minimum absolute atomic E-state index is 0.0445. The summed E-state index contributed by atoms with van der Waals surface area (Å²) in [6.45, 7) is 4.59. The second-order valence-electron chi connectivity index (χ2n) is 7.79. The molecule has 1 fully saturated rings. The molecule has 0 saturated carbocycles. The molecule has 1 aliphatic rings. The van der Waals surface area contributed by atoms with Crippen LogP contribution in [-0.4, -0.2) is 61.6 Å². The van der Waals surface area contributed by atoms with Crippen LogP contribution < -0.4 is 5.32 Å². The van der Waals surface area contributed by atoms with Crippen molar-refractivity contribution < 1.29 is 33.3 Å². The number of azide groups is 1. The zero-order chi connectivity index (χ0) is 25.9. The summed E-state index contributed by atoms with van der Waals surface area (Å²) in [5.41, 5.74) is 9.83. The Morgan fingerprint density at radius 1 is 1.08 bits per heavy atom. The highest BCUT2D eigenvalue weighted by molar-refractivity contribution is 5.90. The molecule has 1 amide bonds. The molecule has 0 bridgehead atoms. The topological polar surface area (TPSA) is 149 Å². The molecule has 1 aliphatic heterocycles. The average Bonchev–Trinajstić information content (AvgIpc) is 2.89. The van der Waals surface area contributed by atoms with Crippen molar-refractivity contribution in [2.24, 2.45) is 5.11 Å². The maximum Gasteiger partial charge on any atom is 0.338 e. The Morgan fingerprint density at radius 3 is 2.25 bits per heavy atom. The summed E-state index contributed by atoms with van der Waals surface area (Å²) >= 11 is 0. The first-order valence-electron chi connectivity index (χ1n) is 11.1. The van der Waals surface area contributed by atoms with Crippen LogP contribution in [0, 0.1) is 0 Å². The van der Waals surface area contributed by atoms with E-state index in [1.165, 1.54) is 13.0 Å². The molecular weight excluding hydrogens is 468 g/mol. The second-order valence-corrected chi connectivity index (χ2v) is 7.79. The number of benzene rings is 2. The van der Waals surface area contributed by atoms with Gasteiger partial charge in [-0.1, -0.05) is 47.6 Å². The summed E-state index contributed by atoms with van der Waals surface area (Å²) < 4.78 is 22.8. The number of amides is 1. The van der Waals surface area contributed by atoms with E-state index < -0.39 is 48.4 Å². The van der Waals surface area contributed by atoms with Gasteiger partial charge in [0.15, 0.2) is 6.29 Å². The molecule has 36 heavy (non-hydrogen) atoms. The standard InChI is InChI=1S/C25H26N4O7/c1-3-14-33-25-21(27-16(2)30)22(36-24(32)18-12-8-5-9-13-18)20(28-29-26)19(35-25)15-34-23(31)17-10-6-4-7-11-17/h3-13,19-22,25H,1,14-15H2,2H3,(H,27,30)/t19-,20-,21-,22+,25+/m1/s1. The summed E-state index contributed by atoms with van der Waals surface area (Å²) in [5, 5.41) is 6.43. The van der Waals surface area contributed by atoms with E-state index in [0.29, 0.717) is 5.56 Å². The predicted molar refractivity (Wildman–Crippen MR) is 128 cm³/mol. The summed E-state index contributed by atoms with van der Waals surface area (Å²) in [6, 6.07) is 14.3. The van der Waals surface area contributed by atoms with Gasteiger partial charge in [-0.3, -0.25) is 4.79 Å². The predicted octanol–water partition coefficient (Wildman–Crippen LogP) is 3.18. The second kappa shape index (κ2) is 13.1. The van der Waals surface area contributed by atoms with Gasteiger partial charge in [0, 0.05) is 11.8 Å². The van der Waals surface area contributed by atoms with E-state index in [0.717, 1.165) is 0 Å². The van der Waals surface area contributed by atoms with Crippen molar-refractivity contribution in [1.82, 2.24) is 5.32 Å². The van der Waals surface area contributed by atoms with Crippen LogP contribution in [0.3, 0.4) is 0 Å². The highest BCUT2D eigenvalue weighted by Crippen LogP contribution is 2.28. The van der Waals surface area contributed by atoms with E-state index in [2.05, 4.69) is 21.9 Å². The Bertz CT molecular complexity index is 1110. The van der Waals surface area contributed by atoms with Crippen LogP contribution in [0.15, 0.2) is 78.4 Å². The minimum Gasteiger partial charge on any atom is -0.459 e. The third-order valence-corrected chi connectivity index (χ3v) is 5.25. The van der Waals surface area contributed by atoms with Crippen molar-refractivity contribution in [3.05, 3.63) is 94.9 Å². The molecule has 1 saturated heterocycles. The van der Waals surface area contributed by atoms with Crippen molar-refractivity contribution in [2.75, 3.05) is 13.2 Å². The molecule has 11 heteroatoms. The fourth-order valence-corrected chi connectivity index (χ4v) is 3.67. The number of nitrogens with zero attached hydrogens (tertiary/aromatic N) is 3. The molecule has 2 aromatic carbocycles. The lowest BCUT2D eigenvalue weighted by Crippen LogP contribution is -2.65. The molecular formula is C25H26N4O7. The van der Waals surface area contributed by atoms with Gasteiger partial charge in [0.2, 0.25) is 5.91 Å². The van der Waals surface area contributed by atoms with Gasteiger partial charge in [-0.2, -0.15) is 0 Å². The first-order valence-corrected chi connectivity index (χ1v) is 11.1. The number of nitrogens with one attached hydrogen (secondary N) is 1. The van der Waals surface area contributed by atoms with Gasteiger partial charge in [0.25, 0.3) is 0 Å². The maximum absolute atomic E-state index is 12.9. The van der Waals surface area contributed by atoms with E-state index in [4.69, 9.17) is 18.9 Å². The molecule has 3 rings (SSSR count). The number of ether oxygens (including phenoxy) is 4. The maximum atomic E-state index is 12.9. The van der Waals surface area contributed by atoms with Crippen LogP contribution >= 0.6 is 0 Å². The van der Waals surface area contributed by atoms with Crippen LogP contribution in [0.25, 0.3) is 10.4 Å². The number of esters is 2. The normalized spacial score (nSPS) is 23.0. The van der Waals surface area contributed by atoms with E-state index in [9.17, 15) is 19.9 Å². The van der Waals surface area contributed by atoms with Gasteiger partial charge in [-0.25, -0.2) is 9.59 Å². The molecule has 0 aromatic heterocycles. The third kappa shape index (κ3) is 6.92. The van der Waals surface area contributed by atoms with Gasteiger partial charge in [0.05, 0.1) is 17.7 Å². The Labute approximate surface area is 207 Å². The summed E-state index contributed by atoms with van der Waals surface area (Å²) in [5.74, 6) is -1.78. The summed E-state index contributed by atoms with van der Waals surface area (Å²) in [6.07, 6.45) is -1.92. The van der Waals surface area contributed by atoms with Crippen molar-refractivity contribution in [3.63, 3.8) is 0 Å². The van der Waals surface area contributed by atoms with Crippen molar-refractivity contribution in [2.45, 2.75) is 37.5 Å². The third-order valence-electron chi connectivity index (χ3n) is 5.25. The van der Waals surface area contributed by atoms with Crippen molar-refractivity contribution in [3.8, 4) is 0 Å². The molecule has 1 heterocycles. The zero-order valence-electron chi connectivity index (χ0n) is 19.6. The van der Waals surface area contributed by atoms with E-state index in [1.807, 2.05) is 0 Å². The smallest absolute Gasteiger partial charge is 0.338 e. The average molecular weight is 495 g/mol. The molecule has 5 atom stereocenters. The molecule has 1 N–H and O–H groups in total. The minimum atomic E-state index is -1.21. The molecule has 0 aliphatic carbocycles. The molecule has 0 radical (unpaired) electrons. The van der Waals surface area contributed by atoms with Gasteiger partial charge < -0.3 is 24.3 Å². The zero-order valence-corrected chi connectivity index (χ0v) is 19.6. The quantitative estimate of drug-likeness (QED) is 0.175. The fourth-order valence-electron chi connectivity index (χ4n) is 3.67. The van der Waals surface area contributed by atoms with Crippen LogP contribution in [0.2, 0.25) is 0 Å². The molecule has 0 spiro atoms. The molecule has 11 nitrogen and oxygen atoms in total. The van der Waals surface area contributed by atoms with Crippen molar-refractivity contribution >= 4 is 17.8 Å². The van der Waals surface area contributed by atoms with Gasteiger partial charge in [-0.15, -0.1) is 6.58 Å². The number of hydrogen-bond acceptors (Lipinski definition) is 8. The van der Waals surface area contributed by atoms with E-state index >= 15 is 0 Å². The van der Waals surface area contributed by atoms with E-state index in [1.54, 1.807) is 60.7 Å². The number of hydrogen-bond donors (Lipinski definition) is 1. The van der Waals surface area contributed by atoms with Gasteiger partial charge in [0.1, 0.15) is 30.9 Å². The lowest BCUT2D eigenvalue weighted by atomic mass is 9.94. The van der Waals surface area contributed by atoms with Gasteiger partial charge >= 0.3 is 11.9 Å². The van der Waals surface area contributed by atoms with Crippen LogP contribution in [-0.2, 0) is 23.7 Å². The lowest BCUT2D eigenvalue weighted by Gasteiger charge is -2.44. The first kappa shape index (κ1) is 26.4. The monoisotopic (exact) mass is 494 g/mol.